The Morgan fingerprint density at radius 1 is 1.03 bits per heavy atom. The number of rotatable bonds is 14. The number of alkyl carbamates (subject to hydrolysis) is 1. The Kier molecular flexibility index (Phi) is 13.8. The van der Waals surface area contributed by atoms with Crippen LogP contribution in [0, 0.1) is 13.8 Å². The first-order valence-electron chi connectivity index (χ1n) is 13.2. The summed E-state index contributed by atoms with van der Waals surface area (Å²) >= 11 is 0. The summed E-state index contributed by atoms with van der Waals surface area (Å²) in [4.78, 5) is 53.0. The molecular weight excluding hydrogens is 490 g/mol. The Labute approximate surface area is 226 Å². The van der Waals surface area contributed by atoms with E-state index in [1.54, 1.807) is 20.8 Å². The Bertz CT molecular complexity index is 923. The summed E-state index contributed by atoms with van der Waals surface area (Å²) in [6.45, 7) is 10.0. The molecule has 2 unspecified atom stereocenters. The fourth-order valence-corrected chi connectivity index (χ4v) is 4.10. The highest BCUT2D eigenvalue weighted by Gasteiger charge is 2.37. The molecular formula is C28H45N3O7. The molecule has 0 saturated carbocycles. The van der Waals surface area contributed by atoms with Crippen LogP contribution in [0.5, 0.6) is 0 Å². The van der Waals surface area contributed by atoms with Gasteiger partial charge in [-0.2, -0.15) is 0 Å². The number of hydrogen-bond donors (Lipinski definition) is 3. The number of methoxy groups -OCH3 is 1. The molecule has 0 fully saturated rings. The predicted molar refractivity (Wildman–Crippen MR) is 144 cm³/mol. The van der Waals surface area contributed by atoms with Gasteiger partial charge < -0.3 is 30.1 Å². The van der Waals surface area contributed by atoms with Gasteiger partial charge in [-0.3, -0.25) is 14.4 Å². The number of nitrogens with one attached hydrogen (secondary N) is 2. The molecule has 0 aliphatic rings. The van der Waals surface area contributed by atoms with Gasteiger partial charge in [0.1, 0.15) is 24.2 Å². The third kappa shape index (κ3) is 10.7. The fourth-order valence-electron chi connectivity index (χ4n) is 4.10. The number of aliphatic hydroxyl groups is 1. The number of unbranched alkanes of at least 4 members (excludes halogenated alkanes) is 4. The third-order valence-electron chi connectivity index (χ3n) is 5.97. The predicted octanol–water partition coefficient (Wildman–Crippen LogP) is 3.32. The molecule has 10 heteroatoms. The van der Waals surface area contributed by atoms with Crippen LogP contribution in [-0.2, 0) is 23.9 Å². The van der Waals surface area contributed by atoms with Gasteiger partial charge >= 0.3 is 12.1 Å². The topological polar surface area (TPSA) is 134 Å². The molecule has 0 aliphatic carbocycles. The molecule has 0 spiro atoms. The SMILES string of the molecule is CCCCCCCN(C(=O)C(CO)NC(=O)OC(C)(C)C)C(C(=O)NCC(=O)OC)c1c(C)cccc1C. The average molecular weight is 536 g/mol. The van der Waals surface area contributed by atoms with Crippen molar-refractivity contribution in [1.82, 2.24) is 15.5 Å². The highest BCUT2D eigenvalue weighted by atomic mass is 16.6. The number of ether oxygens (including phenoxy) is 2. The van der Waals surface area contributed by atoms with Crippen LogP contribution in [0.25, 0.3) is 0 Å². The zero-order valence-electron chi connectivity index (χ0n) is 23.9. The molecule has 0 radical (unpaired) electrons. The minimum absolute atomic E-state index is 0.207. The van der Waals surface area contributed by atoms with E-state index >= 15 is 0 Å². The summed E-state index contributed by atoms with van der Waals surface area (Å²) in [5, 5.41) is 15.1. The molecule has 3 amide bonds. The Morgan fingerprint density at radius 2 is 1.63 bits per heavy atom. The van der Waals surface area contributed by atoms with Gasteiger partial charge in [0.25, 0.3) is 0 Å². The van der Waals surface area contributed by atoms with Crippen LogP contribution in [0.2, 0.25) is 0 Å². The first-order chi connectivity index (χ1) is 17.9. The lowest BCUT2D eigenvalue weighted by atomic mass is 9.93. The van der Waals surface area contributed by atoms with Crippen LogP contribution in [0.1, 0.15) is 82.5 Å². The molecule has 0 aromatic heterocycles. The van der Waals surface area contributed by atoms with Crippen LogP contribution >= 0.6 is 0 Å². The number of amides is 3. The summed E-state index contributed by atoms with van der Waals surface area (Å²) in [5.41, 5.74) is 1.38. The lowest BCUT2D eigenvalue weighted by molar-refractivity contribution is -0.145. The van der Waals surface area contributed by atoms with Gasteiger partial charge in [0.15, 0.2) is 0 Å². The quantitative estimate of drug-likeness (QED) is 0.246. The molecule has 0 bridgehead atoms. The molecule has 2 atom stereocenters. The van der Waals surface area contributed by atoms with E-state index in [-0.39, 0.29) is 13.1 Å². The second-order valence-corrected chi connectivity index (χ2v) is 10.3. The van der Waals surface area contributed by atoms with Gasteiger partial charge in [-0.15, -0.1) is 0 Å². The highest BCUT2D eigenvalue weighted by molar-refractivity contribution is 5.93. The normalized spacial score (nSPS) is 12.7. The first kappa shape index (κ1) is 32.9. The summed E-state index contributed by atoms with van der Waals surface area (Å²) in [7, 11) is 1.22. The van der Waals surface area contributed by atoms with Crippen LogP contribution in [0.4, 0.5) is 4.79 Å². The average Bonchev–Trinajstić information content (AvgIpc) is 2.84. The smallest absolute Gasteiger partial charge is 0.408 e. The number of hydrogen-bond acceptors (Lipinski definition) is 7. The van der Waals surface area contributed by atoms with E-state index < -0.39 is 48.2 Å². The number of nitrogens with zero attached hydrogens (tertiary/aromatic N) is 1. The summed E-state index contributed by atoms with van der Waals surface area (Å²) in [5.74, 6) is -1.82. The van der Waals surface area contributed by atoms with Gasteiger partial charge in [0.05, 0.1) is 13.7 Å². The molecule has 214 valence electrons. The van der Waals surface area contributed by atoms with Crippen molar-refractivity contribution in [3.05, 3.63) is 34.9 Å². The molecule has 1 aromatic carbocycles. The molecule has 1 rings (SSSR count). The van der Waals surface area contributed by atoms with Crippen LogP contribution in [0.3, 0.4) is 0 Å². The van der Waals surface area contributed by atoms with Crippen molar-refractivity contribution in [3.8, 4) is 0 Å². The standard InChI is InChI=1S/C28H45N3O7/c1-8-9-10-11-12-16-31(26(35)21(18-32)30-27(36)38-28(4,5)6)24(25(34)29-17-22(33)37-7)23-19(2)14-13-15-20(23)3/h13-15,21,24,32H,8-12,16-18H2,1-7H3,(H,29,34)(H,30,36). The summed E-state index contributed by atoms with van der Waals surface area (Å²) < 4.78 is 9.93. The molecule has 1 aromatic rings. The van der Waals surface area contributed by atoms with E-state index in [1.165, 1.54) is 12.0 Å². The van der Waals surface area contributed by atoms with E-state index in [1.807, 2.05) is 32.0 Å². The van der Waals surface area contributed by atoms with Gasteiger partial charge in [0, 0.05) is 6.54 Å². The van der Waals surface area contributed by atoms with E-state index in [0.717, 1.165) is 36.8 Å². The van der Waals surface area contributed by atoms with Crippen molar-refractivity contribution in [2.75, 3.05) is 26.8 Å². The number of aryl methyl sites for hydroxylation is 2. The van der Waals surface area contributed by atoms with Crippen molar-refractivity contribution in [2.24, 2.45) is 0 Å². The van der Waals surface area contributed by atoms with Crippen molar-refractivity contribution in [3.63, 3.8) is 0 Å². The molecule has 0 saturated heterocycles. The lowest BCUT2D eigenvalue weighted by Crippen LogP contribution is -2.55. The van der Waals surface area contributed by atoms with Crippen LogP contribution in [0.15, 0.2) is 18.2 Å². The molecule has 0 aliphatic heterocycles. The molecule has 38 heavy (non-hydrogen) atoms. The lowest BCUT2D eigenvalue weighted by Gasteiger charge is -2.35. The van der Waals surface area contributed by atoms with Crippen molar-refractivity contribution < 1.29 is 33.8 Å². The van der Waals surface area contributed by atoms with Crippen LogP contribution in [-0.4, -0.2) is 72.3 Å². The third-order valence-corrected chi connectivity index (χ3v) is 5.97. The summed E-state index contributed by atoms with van der Waals surface area (Å²) in [6.07, 6.45) is 3.67. The van der Waals surface area contributed by atoms with Gasteiger partial charge in [-0.25, -0.2) is 4.79 Å². The Balaban J connectivity index is 3.47. The maximum atomic E-state index is 13.9. The van der Waals surface area contributed by atoms with E-state index in [0.29, 0.717) is 12.0 Å². The maximum Gasteiger partial charge on any atom is 0.408 e. The number of carbonyl (C=O) groups excluding carboxylic acids is 4. The van der Waals surface area contributed by atoms with E-state index in [2.05, 4.69) is 22.3 Å². The Morgan fingerprint density at radius 3 is 2.16 bits per heavy atom. The highest BCUT2D eigenvalue weighted by Crippen LogP contribution is 2.29. The molecule has 0 heterocycles. The zero-order chi connectivity index (χ0) is 28.9. The molecule has 3 N–H and O–H groups in total. The first-order valence-corrected chi connectivity index (χ1v) is 13.2. The number of carbonyl (C=O) groups is 4. The largest absolute Gasteiger partial charge is 0.468 e. The number of esters is 1. The minimum Gasteiger partial charge on any atom is -0.468 e. The monoisotopic (exact) mass is 535 g/mol. The van der Waals surface area contributed by atoms with Crippen molar-refractivity contribution >= 4 is 23.9 Å². The van der Waals surface area contributed by atoms with Crippen molar-refractivity contribution in [1.29, 1.82) is 0 Å². The summed E-state index contributed by atoms with van der Waals surface area (Å²) in [6, 6.07) is 3.11. The fraction of sp³-hybridized carbons (Fsp3) is 0.643. The van der Waals surface area contributed by atoms with Gasteiger partial charge in [0.2, 0.25) is 11.8 Å². The zero-order valence-corrected chi connectivity index (χ0v) is 23.9. The van der Waals surface area contributed by atoms with Crippen LogP contribution < -0.4 is 10.6 Å². The van der Waals surface area contributed by atoms with Gasteiger partial charge in [-0.1, -0.05) is 50.8 Å². The number of benzene rings is 1. The van der Waals surface area contributed by atoms with Crippen molar-refractivity contribution in [2.45, 2.75) is 91.3 Å². The Hall–Kier alpha value is -3.14. The number of aliphatic hydroxyl groups excluding tert-OH is 1. The second kappa shape index (κ2) is 16.0. The minimum atomic E-state index is -1.33. The van der Waals surface area contributed by atoms with Gasteiger partial charge in [-0.05, 0) is 57.7 Å². The maximum absolute atomic E-state index is 13.9. The molecule has 10 nitrogen and oxygen atoms in total. The van der Waals surface area contributed by atoms with E-state index in [9.17, 15) is 24.3 Å². The second-order valence-electron chi connectivity index (χ2n) is 10.3. The van der Waals surface area contributed by atoms with E-state index in [4.69, 9.17) is 4.74 Å².